The number of carbonyl (C=O) groups is 4. The molecule has 0 saturated carbocycles. The van der Waals surface area contributed by atoms with Gasteiger partial charge in [0.2, 0.25) is 0 Å². The first-order valence-corrected chi connectivity index (χ1v) is 46.7. The number of hydrogen-bond acceptors (Lipinski definition) is 15. The molecule has 618 valence electrons. The number of phosphoric acid groups is 2. The molecule has 0 aliphatic carbocycles. The van der Waals surface area contributed by atoms with Crippen LogP contribution in [0.25, 0.3) is 0 Å². The Kier molecular flexibility index (Phi) is 72.5. The summed E-state index contributed by atoms with van der Waals surface area (Å²) < 4.78 is 68.8. The topological polar surface area (TPSA) is 237 Å². The minimum Gasteiger partial charge on any atom is -0.462 e. The van der Waals surface area contributed by atoms with Crippen molar-refractivity contribution in [2.45, 2.75) is 459 Å². The van der Waals surface area contributed by atoms with Crippen molar-refractivity contribution in [3.63, 3.8) is 0 Å². The standard InChI is InChI=1S/C85H166O17P2/c1-75(2)61-53-45-37-31-25-19-13-9-11-15-23-29-35-41-51-59-67-84(89)101-80(71-95-82(87)65-57-49-40-34-28-22-18-17-21-27-33-39-47-55-63-77(5)6)73-99-103(91,92)97-69-79(86)70-98-104(93,94)100-74-81(72-96-83(88)66-58-50-44-43-48-56-64-78(7)8)102-85(90)68-60-52-42-36-30-24-16-12-10-14-20-26-32-38-46-54-62-76(3)4/h75-81,86H,9-74H2,1-8H3,(H,91,92)(H,93,94)/t79?,80-,81-/m1/s1. The molecule has 0 aliphatic rings. The summed E-state index contributed by atoms with van der Waals surface area (Å²) >= 11 is 0. The Morgan fingerprint density at radius 1 is 0.240 bits per heavy atom. The van der Waals surface area contributed by atoms with Crippen LogP contribution in [-0.4, -0.2) is 96.7 Å². The largest absolute Gasteiger partial charge is 0.472 e. The van der Waals surface area contributed by atoms with Crippen LogP contribution in [0.3, 0.4) is 0 Å². The van der Waals surface area contributed by atoms with Crippen molar-refractivity contribution in [1.29, 1.82) is 0 Å². The van der Waals surface area contributed by atoms with E-state index in [1.807, 2.05) is 0 Å². The van der Waals surface area contributed by atoms with E-state index < -0.39 is 97.5 Å². The maximum absolute atomic E-state index is 13.1. The van der Waals surface area contributed by atoms with Crippen LogP contribution in [0.2, 0.25) is 0 Å². The van der Waals surface area contributed by atoms with E-state index in [2.05, 4.69) is 55.4 Å². The van der Waals surface area contributed by atoms with Crippen molar-refractivity contribution in [2.24, 2.45) is 23.7 Å². The minimum absolute atomic E-state index is 0.107. The monoisotopic (exact) mass is 1520 g/mol. The van der Waals surface area contributed by atoms with Gasteiger partial charge < -0.3 is 33.8 Å². The SMILES string of the molecule is CC(C)CCCCCCCCCCCCCCCCCCC(=O)O[C@H](COC(=O)CCCCCCCCCCCCCCCCC(C)C)COP(=O)(O)OCC(O)COP(=O)(O)OC[C@@H](COC(=O)CCCCCCCCC(C)C)OC(=O)CCCCCCCCCCCCCCCCCCC(C)C. The van der Waals surface area contributed by atoms with Crippen LogP contribution in [0.15, 0.2) is 0 Å². The van der Waals surface area contributed by atoms with E-state index in [4.69, 9.17) is 37.0 Å². The molecule has 0 spiro atoms. The summed E-state index contributed by atoms with van der Waals surface area (Å²) in [6.07, 6.45) is 62.6. The normalized spacial score (nSPS) is 14.0. The van der Waals surface area contributed by atoms with Gasteiger partial charge in [-0.05, 0) is 49.4 Å². The number of aliphatic hydroxyl groups excluding tert-OH is 1. The van der Waals surface area contributed by atoms with E-state index in [1.54, 1.807) is 0 Å². The molecule has 3 N–H and O–H groups in total. The molecule has 0 aromatic carbocycles. The highest BCUT2D eigenvalue weighted by molar-refractivity contribution is 7.47. The number of esters is 4. The predicted octanol–water partition coefficient (Wildman–Crippen LogP) is 25.6. The van der Waals surface area contributed by atoms with Gasteiger partial charge in [0.15, 0.2) is 12.2 Å². The fourth-order valence-corrected chi connectivity index (χ4v) is 14.7. The molecule has 0 aromatic heterocycles. The van der Waals surface area contributed by atoms with Crippen LogP contribution in [0.5, 0.6) is 0 Å². The molecule has 0 fully saturated rings. The van der Waals surface area contributed by atoms with Crippen LogP contribution in [0, 0.1) is 23.7 Å². The van der Waals surface area contributed by atoms with Crippen molar-refractivity contribution in [3.8, 4) is 0 Å². The summed E-state index contributed by atoms with van der Waals surface area (Å²) in [5.41, 5.74) is 0. The Morgan fingerprint density at radius 3 is 0.596 bits per heavy atom. The highest BCUT2D eigenvalue weighted by Gasteiger charge is 2.30. The van der Waals surface area contributed by atoms with Gasteiger partial charge in [-0.2, -0.15) is 0 Å². The molecule has 0 aromatic rings. The molecule has 0 heterocycles. The van der Waals surface area contributed by atoms with Gasteiger partial charge in [0.1, 0.15) is 19.3 Å². The molecule has 0 aliphatic heterocycles. The van der Waals surface area contributed by atoms with E-state index in [9.17, 15) is 43.2 Å². The van der Waals surface area contributed by atoms with Gasteiger partial charge in [0.05, 0.1) is 26.4 Å². The molecule has 3 unspecified atom stereocenters. The number of carbonyl (C=O) groups excluding carboxylic acids is 4. The second-order valence-corrected chi connectivity index (χ2v) is 35.4. The average Bonchev–Trinajstić information content (AvgIpc) is 0.917. The highest BCUT2D eigenvalue weighted by Crippen LogP contribution is 2.45. The molecule has 5 atom stereocenters. The smallest absolute Gasteiger partial charge is 0.462 e. The lowest BCUT2D eigenvalue weighted by Crippen LogP contribution is -2.30. The number of ether oxygens (including phenoxy) is 4. The van der Waals surface area contributed by atoms with Crippen LogP contribution in [0.4, 0.5) is 0 Å². The predicted molar refractivity (Wildman–Crippen MR) is 428 cm³/mol. The summed E-state index contributed by atoms with van der Waals surface area (Å²) in [4.78, 5) is 73.1. The van der Waals surface area contributed by atoms with Crippen molar-refractivity contribution in [3.05, 3.63) is 0 Å². The van der Waals surface area contributed by atoms with Gasteiger partial charge in [0, 0.05) is 25.7 Å². The highest BCUT2D eigenvalue weighted by atomic mass is 31.2. The second-order valence-electron chi connectivity index (χ2n) is 32.5. The van der Waals surface area contributed by atoms with Gasteiger partial charge in [-0.15, -0.1) is 0 Å². The molecule has 0 radical (unpaired) electrons. The quantitative estimate of drug-likeness (QED) is 0.0222. The fourth-order valence-electron chi connectivity index (χ4n) is 13.1. The van der Waals surface area contributed by atoms with Gasteiger partial charge in [-0.3, -0.25) is 37.3 Å². The maximum atomic E-state index is 13.1. The summed E-state index contributed by atoms with van der Waals surface area (Å²) in [6.45, 7) is 14.3. The number of aliphatic hydroxyl groups is 1. The Bertz CT molecular complexity index is 2020. The minimum atomic E-state index is -4.97. The molecular weight excluding hydrogens is 1350 g/mol. The summed E-state index contributed by atoms with van der Waals surface area (Å²) in [6, 6.07) is 0. The Hall–Kier alpha value is -1.94. The van der Waals surface area contributed by atoms with Gasteiger partial charge >= 0.3 is 39.5 Å². The van der Waals surface area contributed by atoms with Crippen LogP contribution < -0.4 is 0 Å². The van der Waals surface area contributed by atoms with Crippen molar-refractivity contribution < 1.29 is 80.2 Å². The lowest BCUT2D eigenvalue weighted by molar-refractivity contribution is -0.161. The fraction of sp³-hybridized carbons (Fsp3) is 0.953. The van der Waals surface area contributed by atoms with Crippen LogP contribution in [0.1, 0.15) is 441 Å². The number of phosphoric ester groups is 2. The van der Waals surface area contributed by atoms with E-state index in [0.717, 1.165) is 114 Å². The van der Waals surface area contributed by atoms with Gasteiger partial charge in [-0.25, -0.2) is 9.13 Å². The zero-order valence-corrected chi connectivity index (χ0v) is 70.5. The van der Waals surface area contributed by atoms with Crippen molar-refractivity contribution in [1.82, 2.24) is 0 Å². The van der Waals surface area contributed by atoms with Gasteiger partial charge in [-0.1, -0.05) is 389 Å². The molecule has 0 amide bonds. The zero-order valence-electron chi connectivity index (χ0n) is 68.7. The maximum Gasteiger partial charge on any atom is 0.472 e. The lowest BCUT2D eigenvalue weighted by atomic mass is 10.0. The summed E-state index contributed by atoms with van der Waals surface area (Å²) in [7, 11) is -9.93. The van der Waals surface area contributed by atoms with Crippen LogP contribution >= 0.6 is 15.6 Å². The number of rotatable bonds is 82. The van der Waals surface area contributed by atoms with Crippen molar-refractivity contribution in [2.75, 3.05) is 39.6 Å². The summed E-state index contributed by atoms with van der Waals surface area (Å²) in [5, 5.41) is 10.7. The molecule has 104 heavy (non-hydrogen) atoms. The second kappa shape index (κ2) is 73.8. The Morgan fingerprint density at radius 2 is 0.404 bits per heavy atom. The first kappa shape index (κ1) is 102. The Balaban J connectivity index is 5.21. The first-order valence-electron chi connectivity index (χ1n) is 43.7. The third-order valence-electron chi connectivity index (χ3n) is 19.8. The number of unbranched alkanes of at least 4 members (excludes halogenated alkanes) is 48. The zero-order chi connectivity index (χ0) is 76.7. The third-order valence-corrected chi connectivity index (χ3v) is 21.7. The Labute approximate surface area is 638 Å². The van der Waals surface area contributed by atoms with E-state index in [0.29, 0.717) is 31.6 Å². The average molecular weight is 1520 g/mol. The molecule has 0 rings (SSSR count). The van der Waals surface area contributed by atoms with Crippen molar-refractivity contribution >= 4 is 39.5 Å². The van der Waals surface area contributed by atoms with E-state index in [-0.39, 0.29) is 25.7 Å². The first-order chi connectivity index (χ1) is 50.1. The molecule has 0 bridgehead atoms. The molecule has 17 nitrogen and oxygen atoms in total. The van der Waals surface area contributed by atoms with Gasteiger partial charge in [0.25, 0.3) is 0 Å². The lowest BCUT2D eigenvalue weighted by Gasteiger charge is -2.21. The molecule has 0 saturated heterocycles. The molecular formula is C85H166O17P2. The van der Waals surface area contributed by atoms with E-state index in [1.165, 1.54) is 238 Å². The third kappa shape index (κ3) is 78.2. The van der Waals surface area contributed by atoms with Crippen LogP contribution in [-0.2, 0) is 65.4 Å². The number of hydrogen-bond donors (Lipinski definition) is 3. The molecule has 19 heteroatoms. The summed E-state index contributed by atoms with van der Waals surface area (Å²) in [5.74, 6) is 0.987. The van der Waals surface area contributed by atoms with E-state index >= 15 is 0 Å².